The van der Waals surface area contributed by atoms with Crippen LogP contribution in [0, 0.1) is 0 Å². The van der Waals surface area contributed by atoms with E-state index in [9.17, 15) is 9.00 Å². The fourth-order valence-electron chi connectivity index (χ4n) is 3.52. The first-order chi connectivity index (χ1) is 13.5. The maximum Gasteiger partial charge on any atom is 0.407 e. The Labute approximate surface area is 164 Å². The molecule has 0 aliphatic carbocycles. The number of carbonyl (C=O) groups is 1. The highest BCUT2D eigenvalue weighted by Gasteiger charge is 2.29. The van der Waals surface area contributed by atoms with Crippen molar-refractivity contribution in [3.8, 4) is 5.88 Å². The first kappa shape index (κ1) is 18.6. The second kappa shape index (κ2) is 7.70. The number of ether oxygens (including phenoxy) is 1. The smallest absolute Gasteiger partial charge is 0.407 e. The zero-order valence-electron chi connectivity index (χ0n) is 15.4. The van der Waals surface area contributed by atoms with Crippen molar-refractivity contribution in [2.75, 3.05) is 30.8 Å². The third-order valence-corrected chi connectivity index (χ3v) is 5.95. The van der Waals surface area contributed by atoms with Crippen LogP contribution in [0.15, 0.2) is 29.6 Å². The minimum atomic E-state index is -1.06. The van der Waals surface area contributed by atoms with Gasteiger partial charge in [-0.15, -0.1) is 0 Å². The highest BCUT2D eigenvalue weighted by molar-refractivity contribution is 7.84. The molecule has 2 aliphatic rings. The van der Waals surface area contributed by atoms with Gasteiger partial charge in [0.25, 0.3) is 0 Å². The van der Waals surface area contributed by atoms with Gasteiger partial charge in [-0.3, -0.25) is 4.21 Å². The fourth-order valence-corrected chi connectivity index (χ4v) is 3.98. The molecule has 0 spiro atoms. The van der Waals surface area contributed by atoms with Crippen LogP contribution in [0.2, 0.25) is 0 Å². The summed E-state index contributed by atoms with van der Waals surface area (Å²) in [6, 6.07) is 3.65. The van der Waals surface area contributed by atoms with Crippen LogP contribution in [-0.4, -0.2) is 67.3 Å². The molecule has 0 bridgehead atoms. The summed E-state index contributed by atoms with van der Waals surface area (Å²) in [6.45, 7) is 1.65. The number of carboxylic acid groups (broad SMARTS) is 1. The zero-order chi connectivity index (χ0) is 19.7. The molecule has 4 rings (SSSR count). The molecule has 0 aromatic carbocycles. The Balaban J connectivity index is 1.50. The van der Waals surface area contributed by atoms with Crippen LogP contribution >= 0.6 is 0 Å². The Morgan fingerprint density at radius 3 is 2.64 bits per heavy atom. The minimum absolute atomic E-state index is 0.0550. The van der Waals surface area contributed by atoms with Crippen molar-refractivity contribution in [1.29, 1.82) is 0 Å². The van der Waals surface area contributed by atoms with Crippen molar-refractivity contribution in [1.82, 2.24) is 19.9 Å². The Morgan fingerprint density at radius 2 is 2.00 bits per heavy atom. The quantitative estimate of drug-likeness (QED) is 0.823. The number of fused-ring (bicyclic) bond motifs is 1. The molecule has 1 amide bonds. The van der Waals surface area contributed by atoms with E-state index in [2.05, 4.69) is 15.0 Å². The summed E-state index contributed by atoms with van der Waals surface area (Å²) in [4.78, 5) is 28.3. The van der Waals surface area contributed by atoms with E-state index >= 15 is 0 Å². The largest absolute Gasteiger partial charge is 0.474 e. The van der Waals surface area contributed by atoms with E-state index in [1.54, 1.807) is 12.5 Å². The SMILES string of the molecule is CS(=O)c1ccc(N2CCc3c(OC4CCN(C(=O)O)CC4)ncnc32)nc1. The lowest BCUT2D eigenvalue weighted by molar-refractivity contribution is 0.0865. The first-order valence-electron chi connectivity index (χ1n) is 9.08. The lowest BCUT2D eigenvalue weighted by Crippen LogP contribution is -2.41. The number of amides is 1. The van der Waals surface area contributed by atoms with Crippen LogP contribution < -0.4 is 9.64 Å². The van der Waals surface area contributed by atoms with Crippen molar-refractivity contribution in [3.63, 3.8) is 0 Å². The third kappa shape index (κ3) is 3.64. The Kier molecular flexibility index (Phi) is 5.12. The molecule has 1 atom stereocenters. The zero-order valence-corrected chi connectivity index (χ0v) is 16.3. The summed E-state index contributed by atoms with van der Waals surface area (Å²) < 4.78 is 17.7. The van der Waals surface area contributed by atoms with E-state index in [4.69, 9.17) is 9.84 Å². The second-order valence-corrected chi connectivity index (χ2v) is 8.16. The molecular weight excluding hydrogens is 382 g/mol. The van der Waals surface area contributed by atoms with Crippen LogP contribution in [0.3, 0.4) is 0 Å². The number of pyridine rings is 1. The Hall–Kier alpha value is -2.75. The molecule has 1 saturated heterocycles. The molecule has 0 radical (unpaired) electrons. The van der Waals surface area contributed by atoms with Crippen LogP contribution in [0.5, 0.6) is 5.88 Å². The maximum atomic E-state index is 11.6. The van der Waals surface area contributed by atoms with E-state index in [1.807, 2.05) is 17.0 Å². The molecule has 2 aromatic rings. The van der Waals surface area contributed by atoms with E-state index in [-0.39, 0.29) is 6.10 Å². The van der Waals surface area contributed by atoms with Crippen LogP contribution in [0.25, 0.3) is 0 Å². The van der Waals surface area contributed by atoms with Crippen molar-refractivity contribution in [3.05, 3.63) is 30.2 Å². The lowest BCUT2D eigenvalue weighted by atomic mass is 10.1. The Bertz CT molecular complexity index is 899. The van der Waals surface area contributed by atoms with Gasteiger partial charge >= 0.3 is 6.09 Å². The highest BCUT2D eigenvalue weighted by Crippen LogP contribution is 2.36. The fraction of sp³-hybridized carbons (Fsp3) is 0.444. The molecule has 2 aromatic heterocycles. The van der Waals surface area contributed by atoms with E-state index < -0.39 is 16.9 Å². The van der Waals surface area contributed by atoms with Gasteiger partial charge in [0.05, 0.1) is 21.3 Å². The predicted molar refractivity (Wildman–Crippen MR) is 103 cm³/mol. The van der Waals surface area contributed by atoms with Crippen molar-refractivity contribution in [2.45, 2.75) is 30.3 Å². The van der Waals surface area contributed by atoms with Crippen LogP contribution in [0.1, 0.15) is 18.4 Å². The monoisotopic (exact) mass is 403 g/mol. The second-order valence-electron chi connectivity index (χ2n) is 6.78. The van der Waals surface area contributed by atoms with E-state index in [1.165, 1.54) is 11.2 Å². The van der Waals surface area contributed by atoms with Gasteiger partial charge in [-0.05, 0) is 18.6 Å². The maximum absolute atomic E-state index is 11.6. The molecular formula is C18H21N5O4S. The van der Waals surface area contributed by atoms with Gasteiger partial charge in [-0.2, -0.15) is 0 Å². The van der Waals surface area contributed by atoms with Gasteiger partial charge in [0.1, 0.15) is 24.1 Å². The average molecular weight is 403 g/mol. The molecule has 148 valence electrons. The summed E-state index contributed by atoms with van der Waals surface area (Å²) >= 11 is 0. The number of hydrogen-bond donors (Lipinski definition) is 1. The third-order valence-electron chi connectivity index (χ3n) is 5.04. The highest BCUT2D eigenvalue weighted by atomic mass is 32.2. The molecule has 1 fully saturated rings. The number of piperidine rings is 1. The van der Waals surface area contributed by atoms with Gasteiger partial charge in [0, 0.05) is 44.9 Å². The summed E-state index contributed by atoms with van der Waals surface area (Å²) in [5, 5.41) is 9.06. The van der Waals surface area contributed by atoms with Crippen LogP contribution in [0.4, 0.5) is 16.4 Å². The predicted octanol–water partition coefficient (Wildman–Crippen LogP) is 1.82. The summed E-state index contributed by atoms with van der Waals surface area (Å²) in [5.41, 5.74) is 0.938. The summed E-state index contributed by atoms with van der Waals surface area (Å²) in [6.07, 6.45) is 5.82. The van der Waals surface area contributed by atoms with E-state index in [0.29, 0.717) is 43.3 Å². The standard InChI is InChI=1S/C18H21N5O4S/c1-28(26)13-2-3-15(19-10-13)23-9-6-14-16(23)20-11-21-17(14)27-12-4-7-22(8-5-12)18(24)25/h2-3,10-12H,4-9H2,1H3,(H,24,25). The minimum Gasteiger partial charge on any atom is -0.474 e. The normalized spacial score (nSPS) is 18.0. The van der Waals surface area contributed by atoms with Gasteiger partial charge in [-0.1, -0.05) is 0 Å². The number of nitrogens with zero attached hydrogens (tertiary/aromatic N) is 5. The number of rotatable bonds is 4. The number of anilines is 2. The van der Waals surface area contributed by atoms with Gasteiger partial charge in [0.2, 0.25) is 5.88 Å². The summed E-state index contributed by atoms with van der Waals surface area (Å²) in [7, 11) is -1.06. The van der Waals surface area contributed by atoms with Gasteiger partial charge in [0.15, 0.2) is 0 Å². The van der Waals surface area contributed by atoms with Crippen LogP contribution in [-0.2, 0) is 17.2 Å². The molecule has 9 nitrogen and oxygen atoms in total. The van der Waals surface area contributed by atoms with Gasteiger partial charge < -0.3 is 19.6 Å². The Morgan fingerprint density at radius 1 is 1.21 bits per heavy atom. The van der Waals surface area contributed by atoms with Crippen molar-refractivity contribution < 1.29 is 18.8 Å². The molecule has 10 heteroatoms. The molecule has 4 heterocycles. The van der Waals surface area contributed by atoms with E-state index in [0.717, 1.165) is 23.6 Å². The number of likely N-dealkylation sites (tertiary alicyclic amines) is 1. The van der Waals surface area contributed by atoms with Crippen molar-refractivity contribution in [2.24, 2.45) is 0 Å². The number of hydrogen-bond acceptors (Lipinski definition) is 7. The first-order valence-corrected chi connectivity index (χ1v) is 10.6. The van der Waals surface area contributed by atoms with Gasteiger partial charge in [-0.25, -0.2) is 19.7 Å². The molecule has 0 saturated carbocycles. The summed E-state index contributed by atoms with van der Waals surface area (Å²) in [5.74, 6) is 2.07. The molecule has 1 N–H and O–H groups in total. The topological polar surface area (TPSA) is 109 Å². The number of aromatic nitrogens is 3. The molecule has 1 unspecified atom stereocenters. The lowest BCUT2D eigenvalue weighted by Gasteiger charge is -2.30. The van der Waals surface area contributed by atoms with Crippen molar-refractivity contribution >= 4 is 28.5 Å². The molecule has 28 heavy (non-hydrogen) atoms. The molecule has 2 aliphatic heterocycles. The average Bonchev–Trinajstić information content (AvgIpc) is 3.13.